The van der Waals surface area contributed by atoms with Crippen LogP contribution in [0.25, 0.3) is 11.1 Å². The van der Waals surface area contributed by atoms with E-state index in [0.29, 0.717) is 25.3 Å². The Hall–Kier alpha value is -2.21. The lowest BCUT2D eigenvalue weighted by Crippen LogP contribution is -2.22. The van der Waals surface area contributed by atoms with Crippen LogP contribution >= 0.6 is 0 Å². The molecule has 22 heavy (non-hydrogen) atoms. The van der Waals surface area contributed by atoms with E-state index >= 15 is 0 Å². The molecule has 1 atom stereocenters. The van der Waals surface area contributed by atoms with Gasteiger partial charge in [-0.1, -0.05) is 6.07 Å². The monoisotopic (exact) mass is 302 g/mol. The lowest BCUT2D eigenvalue weighted by Gasteiger charge is -2.22. The van der Waals surface area contributed by atoms with Crippen LogP contribution in [0.4, 0.5) is 10.2 Å². The van der Waals surface area contributed by atoms with Crippen molar-refractivity contribution in [2.75, 3.05) is 18.0 Å². The number of aromatic nitrogens is 2. The molecular weight excluding hydrogens is 283 g/mol. The topological polar surface area (TPSA) is 64.3 Å². The Labute approximate surface area is 128 Å². The van der Waals surface area contributed by atoms with E-state index in [4.69, 9.17) is 10.7 Å². The van der Waals surface area contributed by atoms with Crippen LogP contribution in [0, 0.1) is 13.8 Å². The molecule has 0 radical (unpaired) electrons. The molecule has 0 amide bonds. The first-order valence-corrected chi connectivity index (χ1v) is 7.28. The first-order valence-electron chi connectivity index (χ1n) is 7.28. The molecule has 1 fully saturated rings. The van der Waals surface area contributed by atoms with Gasteiger partial charge in [-0.25, -0.2) is 14.4 Å². The number of nitrogens with two attached hydrogens (primary N) is 1. The van der Waals surface area contributed by atoms with E-state index in [2.05, 4.69) is 9.97 Å². The van der Waals surface area contributed by atoms with Crippen molar-refractivity contribution in [2.24, 2.45) is 5.90 Å². The summed E-state index contributed by atoms with van der Waals surface area (Å²) < 4.78 is 13.6. The first kappa shape index (κ1) is 14.7. The van der Waals surface area contributed by atoms with Crippen LogP contribution in [-0.4, -0.2) is 29.2 Å². The molecule has 0 saturated carbocycles. The van der Waals surface area contributed by atoms with Crippen LogP contribution in [0.2, 0.25) is 0 Å². The van der Waals surface area contributed by atoms with Crippen molar-refractivity contribution in [1.29, 1.82) is 0 Å². The van der Waals surface area contributed by atoms with Gasteiger partial charge in [0.05, 0.1) is 12.2 Å². The zero-order chi connectivity index (χ0) is 15.7. The van der Waals surface area contributed by atoms with Crippen molar-refractivity contribution in [3.05, 3.63) is 35.8 Å². The number of anilines is 1. The van der Waals surface area contributed by atoms with Crippen molar-refractivity contribution in [3.8, 4) is 16.9 Å². The standard InChI is InChI=1S/C16H19FN4O/c1-10-7-13(22-18)3-4-14(10)15-11(2)19-9-20-16(15)21-6-5-12(17)8-21/h3-4,7,9,12H,5-6,8,18H2,1-2H3/t12-/m1/s1. The number of benzene rings is 1. The summed E-state index contributed by atoms with van der Waals surface area (Å²) in [4.78, 5) is 15.5. The third kappa shape index (κ3) is 2.62. The molecule has 1 aliphatic heterocycles. The summed E-state index contributed by atoms with van der Waals surface area (Å²) in [6.45, 7) is 4.98. The molecule has 1 aromatic carbocycles. The number of alkyl halides is 1. The predicted octanol–water partition coefficient (Wildman–Crippen LogP) is 2.56. The summed E-state index contributed by atoms with van der Waals surface area (Å²) in [6.07, 6.45) is 1.28. The molecule has 2 heterocycles. The Balaban J connectivity index is 2.10. The highest BCUT2D eigenvalue weighted by Gasteiger charge is 2.26. The fraction of sp³-hybridized carbons (Fsp3) is 0.375. The summed E-state index contributed by atoms with van der Waals surface area (Å²) in [5.74, 6) is 6.60. The Morgan fingerprint density at radius 1 is 1.32 bits per heavy atom. The normalized spacial score (nSPS) is 17.8. The third-order valence-electron chi connectivity index (χ3n) is 4.05. The molecule has 0 spiro atoms. The quantitative estimate of drug-likeness (QED) is 0.883. The maximum Gasteiger partial charge on any atom is 0.147 e. The van der Waals surface area contributed by atoms with Gasteiger partial charge in [0.15, 0.2) is 0 Å². The molecule has 2 aromatic rings. The molecule has 1 aliphatic rings. The highest BCUT2D eigenvalue weighted by Crippen LogP contribution is 2.36. The molecule has 1 aromatic heterocycles. The molecule has 0 aliphatic carbocycles. The van der Waals surface area contributed by atoms with Gasteiger partial charge in [0.1, 0.15) is 24.1 Å². The van der Waals surface area contributed by atoms with E-state index in [-0.39, 0.29) is 0 Å². The second kappa shape index (κ2) is 5.88. The number of hydrogen-bond acceptors (Lipinski definition) is 5. The predicted molar refractivity (Wildman–Crippen MR) is 83.5 cm³/mol. The number of nitrogens with zero attached hydrogens (tertiary/aromatic N) is 3. The van der Waals surface area contributed by atoms with Gasteiger partial charge >= 0.3 is 0 Å². The molecule has 1 saturated heterocycles. The zero-order valence-corrected chi connectivity index (χ0v) is 12.7. The van der Waals surface area contributed by atoms with Gasteiger partial charge in [0.2, 0.25) is 0 Å². The Morgan fingerprint density at radius 3 is 2.77 bits per heavy atom. The molecule has 0 bridgehead atoms. The van der Waals surface area contributed by atoms with Gasteiger partial charge in [0, 0.05) is 12.1 Å². The van der Waals surface area contributed by atoms with Crippen LogP contribution in [0.1, 0.15) is 17.7 Å². The minimum absolute atomic E-state index is 0.381. The maximum absolute atomic E-state index is 13.6. The number of hydrogen-bond donors (Lipinski definition) is 1. The molecule has 3 rings (SSSR count). The van der Waals surface area contributed by atoms with Gasteiger partial charge in [-0.15, -0.1) is 0 Å². The van der Waals surface area contributed by atoms with E-state index in [1.54, 1.807) is 6.07 Å². The van der Waals surface area contributed by atoms with Crippen molar-refractivity contribution in [1.82, 2.24) is 9.97 Å². The van der Waals surface area contributed by atoms with Crippen LogP contribution in [0.3, 0.4) is 0 Å². The molecule has 5 nitrogen and oxygen atoms in total. The second-order valence-electron chi connectivity index (χ2n) is 5.58. The van der Waals surface area contributed by atoms with Gasteiger partial charge in [-0.3, -0.25) is 0 Å². The number of halogens is 1. The fourth-order valence-corrected chi connectivity index (χ4v) is 2.92. The van der Waals surface area contributed by atoms with Gasteiger partial charge in [-0.2, -0.15) is 5.90 Å². The average Bonchev–Trinajstić information content (AvgIpc) is 2.94. The Morgan fingerprint density at radius 2 is 2.14 bits per heavy atom. The zero-order valence-electron chi connectivity index (χ0n) is 12.7. The van der Waals surface area contributed by atoms with E-state index < -0.39 is 6.17 Å². The van der Waals surface area contributed by atoms with Gasteiger partial charge < -0.3 is 9.74 Å². The minimum atomic E-state index is -0.794. The Bertz CT molecular complexity index is 692. The van der Waals surface area contributed by atoms with Crippen molar-refractivity contribution < 1.29 is 9.23 Å². The fourth-order valence-electron chi connectivity index (χ4n) is 2.92. The average molecular weight is 302 g/mol. The van der Waals surface area contributed by atoms with Crippen molar-refractivity contribution >= 4 is 5.82 Å². The molecular formula is C16H19FN4O. The van der Waals surface area contributed by atoms with E-state index in [1.165, 1.54) is 6.33 Å². The summed E-state index contributed by atoms with van der Waals surface area (Å²) >= 11 is 0. The van der Waals surface area contributed by atoms with Crippen molar-refractivity contribution in [2.45, 2.75) is 26.4 Å². The highest BCUT2D eigenvalue weighted by atomic mass is 19.1. The minimum Gasteiger partial charge on any atom is -0.412 e. The highest BCUT2D eigenvalue weighted by molar-refractivity contribution is 5.80. The maximum atomic E-state index is 13.6. The Kier molecular flexibility index (Phi) is 3.94. The number of rotatable bonds is 3. The lowest BCUT2D eigenvalue weighted by atomic mass is 9.99. The first-order chi connectivity index (χ1) is 10.6. The smallest absolute Gasteiger partial charge is 0.147 e. The van der Waals surface area contributed by atoms with Crippen LogP contribution in [0.15, 0.2) is 24.5 Å². The van der Waals surface area contributed by atoms with E-state index in [9.17, 15) is 4.39 Å². The molecule has 0 unspecified atom stereocenters. The summed E-state index contributed by atoms with van der Waals surface area (Å²) in [6, 6.07) is 5.61. The van der Waals surface area contributed by atoms with Crippen LogP contribution in [-0.2, 0) is 0 Å². The van der Waals surface area contributed by atoms with E-state index in [0.717, 1.165) is 28.2 Å². The lowest BCUT2D eigenvalue weighted by molar-refractivity contribution is 0.334. The third-order valence-corrected chi connectivity index (χ3v) is 4.05. The largest absolute Gasteiger partial charge is 0.412 e. The number of aryl methyl sites for hydroxylation is 2. The van der Waals surface area contributed by atoms with Crippen LogP contribution < -0.4 is 15.6 Å². The molecule has 6 heteroatoms. The van der Waals surface area contributed by atoms with Crippen molar-refractivity contribution in [3.63, 3.8) is 0 Å². The SMILES string of the molecule is Cc1cc(ON)ccc1-c1c(C)ncnc1N1CC[C@@H](F)C1. The van der Waals surface area contributed by atoms with Gasteiger partial charge in [0.25, 0.3) is 0 Å². The molecule has 116 valence electrons. The van der Waals surface area contributed by atoms with Gasteiger partial charge in [-0.05, 0) is 43.5 Å². The second-order valence-corrected chi connectivity index (χ2v) is 5.58. The molecule has 2 N–H and O–H groups in total. The summed E-state index contributed by atoms with van der Waals surface area (Å²) in [5.41, 5.74) is 3.84. The van der Waals surface area contributed by atoms with E-state index in [1.807, 2.05) is 30.9 Å². The van der Waals surface area contributed by atoms with Crippen LogP contribution in [0.5, 0.6) is 5.75 Å². The summed E-state index contributed by atoms with van der Waals surface area (Å²) in [5, 5.41) is 0. The summed E-state index contributed by atoms with van der Waals surface area (Å²) in [7, 11) is 0.